The molecule has 1 aromatic rings. The van der Waals surface area contributed by atoms with E-state index in [1.165, 1.54) is 5.56 Å². The van der Waals surface area contributed by atoms with Crippen molar-refractivity contribution < 1.29 is 9.84 Å². The van der Waals surface area contributed by atoms with Crippen LogP contribution in [0.25, 0.3) is 0 Å². The topological polar surface area (TPSA) is 41.5 Å². The summed E-state index contributed by atoms with van der Waals surface area (Å²) in [5.74, 6) is 1.41. The van der Waals surface area contributed by atoms with Crippen molar-refractivity contribution in [2.45, 2.75) is 45.6 Å². The van der Waals surface area contributed by atoms with Crippen LogP contribution in [-0.4, -0.2) is 30.4 Å². The maximum absolute atomic E-state index is 9.48. The van der Waals surface area contributed by atoms with Crippen LogP contribution in [0.15, 0.2) is 24.3 Å². The molecule has 0 amide bonds. The highest BCUT2D eigenvalue weighted by molar-refractivity contribution is 5.36. The minimum Gasteiger partial charge on any atom is -0.491 e. The normalized spacial score (nSPS) is 15.8. The molecule has 3 heteroatoms. The van der Waals surface area contributed by atoms with E-state index < -0.39 is 5.54 Å². The third-order valence-corrected chi connectivity index (χ3v) is 3.56. The number of nitrogens with one attached hydrogen (secondary N) is 1. The smallest absolute Gasteiger partial charge is 0.122 e. The number of aliphatic hydroxyl groups excluding tert-OH is 1. The number of hydrogen-bond donors (Lipinski definition) is 2. The van der Waals surface area contributed by atoms with Gasteiger partial charge in [0.1, 0.15) is 12.4 Å². The van der Waals surface area contributed by atoms with E-state index in [1.807, 2.05) is 32.0 Å². The molecule has 0 aromatic heterocycles. The Hall–Kier alpha value is -1.06. The summed E-state index contributed by atoms with van der Waals surface area (Å²) in [6, 6.07) is 8.16. The van der Waals surface area contributed by atoms with Crippen LogP contribution in [0.5, 0.6) is 5.75 Å². The average Bonchev–Trinajstić information content (AvgIpc) is 2.45. The fraction of sp³-hybridized carbons (Fsp3) is 0.625. The van der Waals surface area contributed by atoms with E-state index in [0.717, 1.165) is 18.7 Å². The molecule has 0 radical (unpaired) electrons. The second-order valence-electron chi connectivity index (χ2n) is 5.38. The highest BCUT2D eigenvalue weighted by Crippen LogP contribution is 2.28. The van der Waals surface area contributed by atoms with Crippen molar-refractivity contribution >= 4 is 0 Å². The number of rotatable bonds is 8. The monoisotopic (exact) mass is 265 g/mol. The van der Waals surface area contributed by atoms with Crippen molar-refractivity contribution in [1.82, 2.24) is 5.32 Å². The summed E-state index contributed by atoms with van der Waals surface area (Å²) in [5.41, 5.74) is 0.846. The molecule has 0 bridgehead atoms. The maximum atomic E-state index is 9.48. The van der Waals surface area contributed by atoms with Crippen molar-refractivity contribution in [3.05, 3.63) is 29.8 Å². The first-order valence-corrected chi connectivity index (χ1v) is 7.14. The molecule has 0 spiro atoms. The summed E-state index contributed by atoms with van der Waals surface area (Å²) in [6.45, 7) is 9.73. The molecule has 0 heterocycles. The fourth-order valence-electron chi connectivity index (χ4n) is 2.06. The van der Waals surface area contributed by atoms with Crippen LogP contribution in [0, 0.1) is 0 Å². The number of likely N-dealkylation sites (N-methyl/N-ethyl adjacent to an activating group) is 1. The summed E-state index contributed by atoms with van der Waals surface area (Å²) in [6.07, 6.45) is 1.09. The summed E-state index contributed by atoms with van der Waals surface area (Å²) in [4.78, 5) is 0. The highest BCUT2D eigenvalue weighted by Gasteiger charge is 2.23. The zero-order chi connectivity index (χ0) is 14.3. The Kier molecular flexibility index (Phi) is 6.32. The molecule has 0 aliphatic heterocycles. The minimum atomic E-state index is -0.392. The Labute approximate surface area is 117 Å². The summed E-state index contributed by atoms with van der Waals surface area (Å²) in [5, 5.41) is 12.7. The molecule has 0 aliphatic rings. The van der Waals surface area contributed by atoms with Crippen LogP contribution in [-0.2, 0) is 0 Å². The Morgan fingerprint density at radius 2 is 2.00 bits per heavy atom. The third kappa shape index (κ3) is 4.51. The Morgan fingerprint density at radius 3 is 2.58 bits per heavy atom. The van der Waals surface area contributed by atoms with E-state index in [-0.39, 0.29) is 6.61 Å². The largest absolute Gasteiger partial charge is 0.491 e. The van der Waals surface area contributed by atoms with Gasteiger partial charge in [0.15, 0.2) is 0 Å². The molecule has 1 rings (SSSR count). The molecule has 0 saturated carbocycles. The van der Waals surface area contributed by atoms with Crippen LogP contribution in [0.3, 0.4) is 0 Å². The van der Waals surface area contributed by atoms with E-state index in [2.05, 4.69) is 25.2 Å². The van der Waals surface area contributed by atoms with Crippen molar-refractivity contribution in [2.24, 2.45) is 0 Å². The van der Waals surface area contributed by atoms with E-state index in [4.69, 9.17) is 4.74 Å². The van der Waals surface area contributed by atoms with Crippen LogP contribution < -0.4 is 10.1 Å². The molecular weight excluding hydrogens is 238 g/mol. The van der Waals surface area contributed by atoms with Gasteiger partial charge in [-0.15, -0.1) is 0 Å². The van der Waals surface area contributed by atoms with E-state index in [0.29, 0.717) is 12.5 Å². The lowest BCUT2D eigenvalue weighted by Crippen LogP contribution is -2.50. The zero-order valence-corrected chi connectivity index (χ0v) is 12.6. The number of hydrogen-bond acceptors (Lipinski definition) is 3. The van der Waals surface area contributed by atoms with Crippen LogP contribution in [0.4, 0.5) is 0 Å². The quantitative estimate of drug-likeness (QED) is 0.759. The maximum Gasteiger partial charge on any atom is 0.122 e. The molecule has 2 atom stereocenters. The second-order valence-corrected chi connectivity index (χ2v) is 5.38. The number of benzene rings is 1. The predicted octanol–water partition coefficient (Wildman–Crippen LogP) is 2.94. The average molecular weight is 265 g/mol. The van der Waals surface area contributed by atoms with Gasteiger partial charge in [0.25, 0.3) is 0 Å². The molecule has 0 saturated heterocycles. The second kappa shape index (κ2) is 7.51. The van der Waals surface area contributed by atoms with E-state index in [1.54, 1.807) is 0 Å². The highest BCUT2D eigenvalue weighted by atomic mass is 16.5. The number of para-hydroxylation sites is 1. The molecule has 2 unspecified atom stereocenters. The third-order valence-electron chi connectivity index (χ3n) is 3.56. The lowest BCUT2D eigenvalue weighted by Gasteiger charge is -2.29. The minimum absolute atomic E-state index is 0.0618. The molecular formula is C16H27NO2. The van der Waals surface area contributed by atoms with Crippen molar-refractivity contribution in [3.63, 3.8) is 0 Å². The van der Waals surface area contributed by atoms with Gasteiger partial charge in [-0.05, 0) is 37.4 Å². The van der Waals surface area contributed by atoms with Crippen LogP contribution >= 0.6 is 0 Å². The van der Waals surface area contributed by atoms with Gasteiger partial charge in [-0.2, -0.15) is 0 Å². The Morgan fingerprint density at radius 1 is 1.32 bits per heavy atom. The van der Waals surface area contributed by atoms with E-state index >= 15 is 0 Å². The first-order chi connectivity index (χ1) is 9.06. The fourth-order valence-corrected chi connectivity index (χ4v) is 2.06. The number of ether oxygens (including phenoxy) is 1. The SMILES string of the molecule is CCNC(C)(CO)COc1ccccc1C(C)CC. The van der Waals surface area contributed by atoms with Gasteiger partial charge in [0, 0.05) is 0 Å². The van der Waals surface area contributed by atoms with Gasteiger partial charge in [-0.3, -0.25) is 0 Å². The van der Waals surface area contributed by atoms with Gasteiger partial charge in [-0.25, -0.2) is 0 Å². The molecule has 2 N–H and O–H groups in total. The molecule has 0 fully saturated rings. The lowest BCUT2D eigenvalue weighted by molar-refractivity contribution is 0.116. The van der Waals surface area contributed by atoms with Crippen molar-refractivity contribution in [3.8, 4) is 5.75 Å². The summed E-state index contributed by atoms with van der Waals surface area (Å²) < 4.78 is 5.95. The number of aliphatic hydroxyl groups is 1. The first-order valence-electron chi connectivity index (χ1n) is 7.14. The standard InChI is InChI=1S/C16H27NO2/c1-5-13(3)14-9-7-8-10-15(14)19-12-16(4,11-18)17-6-2/h7-10,13,17-18H,5-6,11-12H2,1-4H3. The Balaban J connectivity index is 2.77. The summed E-state index contributed by atoms with van der Waals surface area (Å²) in [7, 11) is 0. The summed E-state index contributed by atoms with van der Waals surface area (Å²) >= 11 is 0. The molecule has 1 aromatic carbocycles. The lowest BCUT2D eigenvalue weighted by atomic mass is 9.97. The molecule has 0 aliphatic carbocycles. The van der Waals surface area contributed by atoms with Gasteiger partial charge in [0.05, 0.1) is 12.1 Å². The van der Waals surface area contributed by atoms with E-state index in [9.17, 15) is 5.11 Å². The van der Waals surface area contributed by atoms with Gasteiger partial charge in [0.2, 0.25) is 0 Å². The van der Waals surface area contributed by atoms with Crippen molar-refractivity contribution in [2.75, 3.05) is 19.8 Å². The van der Waals surface area contributed by atoms with Crippen LogP contribution in [0.1, 0.15) is 45.6 Å². The van der Waals surface area contributed by atoms with Crippen molar-refractivity contribution in [1.29, 1.82) is 0 Å². The van der Waals surface area contributed by atoms with Gasteiger partial charge >= 0.3 is 0 Å². The first kappa shape index (κ1) is 16.0. The van der Waals surface area contributed by atoms with Gasteiger partial charge < -0.3 is 15.2 Å². The Bertz CT molecular complexity index is 381. The molecule has 19 heavy (non-hydrogen) atoms. The zero-order valence-electron chi connectivity index (χ0n) is 12.6. The van der Waals surface area contributed by atoms with Gasteiger partial charge in [-0.1, -0.05) is 39.0 Å². The predicted molar refractivity (Wildman–Crippen MR) is 79.8 cm³/mol. The molecule has 108 valence electrons. The molecule has 3 nitrogen and oxygen atoms in total. The van der Waals surface area contributed by atoms with Crippen LogP contribution in [0.2, 0.25) is 0 Å².